The van der Waals surface area contributed by atoms with Crippen molar-refractivity contribution in [1.29, 1.82) is 0 Å². The zero-order chi connectivity index (χ0) is 15.9. The van der Waals surface area contributed by atoms with Gasteiger partial charge in [0.25, 0.3) is 0 Å². The molecule has 1 aliphatic heterocycles. The van der Waals surface area contributed by atoms with Crippen LogP contribution in [0.4, 0.5) is 0 Å². The smallest absolute Gasteiger partial charge is 0.244 e. The number of carbonyl (C=O) groups excluding carboxylic acids is 1. The number of hydrogen-bond donors (Lipinski definition) is 1. The summed E-state index contributed by atoms with van der Waals surface area (Å²) >= 11 is 5.79. The number of rotatable bonds is 5. The molecule has 7 nitrogen and oxygen atoms in total. The second kappa shape index (κ2) is 5.82. The van der Waals surface area contributed by atoms with Gasteiger partial charge in [0.15, 0.2) is 0 Å². The van der Waals surface area contributed by atoms with Gasteiger partial charge in [-0.25, -0.2) is 13.1 Å². The quantitative estimate of drug-likeness (QED) is 0.832. The maximum Gasteiger partial charge on any atom is 0.244 e. The van der Waals surface area contributed by atoms with Crippen molar-refractivity contribution >= 4 is 27.5 Å². The molecule has 1 aromatic heterocycles. The molecule has 0 spiro atoms. The molecule has 9 heteroatoms. The van der Waals surface area contributed by atoms with Crippen molar-refractivity contribution in [2.75, 3.05) is 19.3 Å². The molecule has 1 aromatic rings. The van der Waals surface area contributed by atoms with E-state index < -0.39 is 10.0 Å². The molecule has 3 rings (SSSR count). The third kappa shape index (κ3) is 3.80. The van der Waals surface area contributed by atoms with Crippen LogP contribution in [0.25, 0.3) is 0 Å². The summed E-state index contributed by atoms with van der Waals surface area (Å²) in [6, 6.07) is -0.187. The van der Waals surface area contributed by atoms with Crippen LogP contribution in [-0.4, -0.2) is 54.4 Å². The Hall–Kier alpha value is -1.12. The van der Waals surface area contributed by atoms with Crippen LogP contribution in [0.2, 0.25) is 5.02 Å². The number of aromatic nitrogens is 2. The maximum atomic E-state index is 12.4. The van der Waals surface area contributed by atoms with E-state index in [0.29, 0.717) is 24.0 Å². The molecule has 1 aliphatic carbocycles. The second-order valence-electron chi connectivity index (χ2n) is 6.15. The number of nitrogens with zero attached hydrogens (tertiary/aromatic N) is 3. The normalized spacial score (nSPS) is 25.6. The monoisotopic (exact) mass is 346 g/mol. The zero-order valence-corrected chi connectivity index (χ0v) is 13.8. The lowest BCUT2D eigenvalue weighted by atomic mass is 9.99. The molecule has 2 heterocycles. The first-order chi connectivity index (χ1) is 10.3. The summed E-state index contributed by atoms with van der Waals surface area (Å²) in [7, 11) is -3.27. The van der Waals surface area contributed by atoms with E-state index in [4.69, 9.17) is 11.6 Å². The summed E-state index contributed by atoms with van der Waals surface area (Å²) in [5.74, 6) is 0.666. The van der Waals surface area contributed by atoms with Crippen molar-refractivity contribution in [3.05, 3.63) is 17.4 Å². The molecule has 1 amide bonds. The predicted molar refractivity (Wildman–Crippen MR) is 81.8 cm³/mol. The molecule has 22 heavy (non-hydrogen) atoms. The first kappa shape index (κ1) is 15.8. The second-order valence-corrected chi connectivity index (χ2v) is 8.37. The van der Waals surface area contributed by atoms with Crippen molar-refractivity contribution < 1.29 is 13.2 Å². The van der Waals surface area contributed by atoms with E-state index in [-0.39, 0.29) is 24.4 Å². The largest absolute Gasteiger partial charge is 0.339 e. The van der Waals surface area contributed by atoms with Crippen molar-refractivity contribution in [2.24, 2.45) is 11.8 Å². The standard InChI is InChI=1S/C13H19ClN4O3S/c1-22(20,21)16-12-7-17(6-11(12)9-2-3-9)13(19)8-18-5-10(14)4-15-18/h4-5,9,11-12,16H,2-3,6-8H2,1H3/t11-,12+/m0/s1. The summed E-state index contributed by atoms with van der Waals surface area (Å²) in [6.45, 7) is 1.14. The molecular weight excluding hydrogens is 328 g/mol. The van der Waals surface area contributed by atoms with Gasteiger partial charge in [0.1, 0.15) is 6.54 Å². The van der Waals surface area contributed by atoms with Crippen LogP contribution in [0.15, 0.2) is 12.4 Å². The third-order valence-electron chi connectivity index (χ3n) is 4.21. The molecule has 0 aromatic carbocycles. The average molecular weight is 347 g/mol. The molecular formula is C13H19ClN4O3S. The molecule has 2 fully saturated rings. The van der Waals surface area contributed by atoms with Gasteiger partial charge >= 0.3 is 0 Å². The van der Waals surface area contributed by atoms with E-state index in [0.717, 1.165) is 19.1 Å². The third-order valence-corrected chi connectivity index (χ3v) is 5.14. The molecule has 1 saturated heterocycles. The SMILES string of the molecule is CS(=O)(=O)N[C@@H]1CN(C(=O)Cn2cc(Cl)cn2)C[C@H]1C1CC1. The highest BCUT2D eigenvalue weighted by molar-refractivity contribution is 7.88. The fraction of sp³-hybridized carbons (Fsp3) is 0.692. The summed E-state index contributed by atoms with van der Waals surface area (Å²) in [6.07, 6.45) is 6.47. The minimum absolute atomic E-state index is 0.0665. The van der Waals surface area contributed by atoms with Crippen molar-refractivity contribution in [3.63, 3.8) is 0 Å². The highest BCUT2D eigenvalue weighted by Crippen LogP contribution is 2.41. The Morgan fingerprint density at radius 1 is 1.45 bits per heavy atom. The predicted octanol–water partition coefficient (Wildman–Crippen LogP) is 0.323. The first-order valence-electron chi connectivity index (χ1n) is 7.25. The Morgan fingerprint density at radius 3 is 2.73 bits per heavy atom. The van der Waals surface area contributed by atoms with Gasteiger partial charge in [-0.1, -0.05) is 11.6 Å². The summed E-state index contributed by atoms with van der Waals surface area (Å²) in [5, 5.41) is 4.49. The number of sulfonamides is 1. The van der Waals surface area contributed by atoms with E-state index in [9.17, 15) is 13.2 Å². The number of hydrogen-bond acceptors (Lipinski definition) is 4. The van der Waals surface area contributed by atoms with Crippen LogP contribution in [0, 0.1) is 11.8 Å². The topological polar surface area (TPSA) is 84.3 Å². The van der Waals surface area contributed by atoms with Crippen molar-refractivity contribution in [1.82, 2.24) is 19.4 Å². The Balaban J connectivity index is 1.66. The molecule has 0 unspecified atom stereocenters. The van der Waals surface area contributed by atoms with Crippen LogP contribution >= 0.6 is 11.6 Å². The number of carbonyl (C=O) groups is 1. The molecule has 1 N–H and O–H groups in total. The Labute approximate surface area is 134 Å². The molecule has 1 saturated carbocycles. The van der Waals surface area contributed by atoms with Crippen LogP contribution in [0.1, 0.15) is 12.8 Å². The first-order valence-corrected chi connectivity index (χ1v) is 9.52. The van der Waals surface area contributed by atoms with Gasteiger partial charge in [0.2, 0.25) is 15.9 Å². The van der Waals surface area contributed by atoms with Gasteiger partial charge in [-0.3, -0.25) is 9.48 Å². The zero-order valence-electron chi connectivity index (χ0n) is 12.3. The van der Waals surface area contributed by atoms with Crippen molar-refractivity contribution in [2.45, 2.75) is 25.4 Å². The van der Waals surface area contributed by atoms with Crippen LogP contribution in [0.5, 0.6) is 0 Å². The Bertz CT molecular complexity index is 671. The molecule has 122 valence electrons. The Morgan fingerprint density at radius 2 is 2.18 bits per heavy atom. The molecule has 0 radical (unpaired) electrons. The Kier molecular flexibility index (Phi) is 4.17. The molecule has 0 bridgehead atoms. The van der Waals surface area contributed by atoms with Crippen molar-refractivity contribution in [3.8, 4) is 0 Å². The molecule has 2 atom stereocenters. The van der Waals surface area contributed by atoms with E-state index >= 15 is 0 Å². The maximum absolute atomic E-state index is 12.4. The number of likely N-dealkylation sites (tertiary alicyclic amines) is 1. The van der Waals surface area contributed by atoms with Gasteiger partial charge in [-0.2, -0.15) is 5.10 Å². The lowest BCUT2D eigenvalue weighted by Gasteiger charge is -2.17. The minimum Gasteiger partial charge on any atom is -0.339 e. The van der Waals surface area contributed by atoms with E-state index in [1.807, 2.05) is 0 Å². The van der Waals surface area contributed by atoms with Gasteiger partial charge in [0, 0.05) is 25.3 Å². The average Bonchev–Trinajstić information content (AvgIpc) is 3.04. The highest BCUT2D eigenvalue weighted by Gasteiger charge is 2.44. The lowest BCUT2D eigenvalue weighted by molar-refractivity contribution is -0.131. The highest BCUT2D eigenvalue weighted by atomic mass is 35.5. The minimum atomic E-state index is -3.27. The fourth-order valence-electron chi connectivity index (χ4n) is 3.10. The molecule has 2 aliphatic rings. The van der Waals surface area contributed by atoms with Gasteiger partial charge in [-0.15, -0.1) is 0 Å². The van der Waals surface area contributed by atoms with Crippen LogP contribution < -0.4 is 4.72 Å². The number of halogens is 1. The summed E-state index contributed by atoms with van der Waals surface area (Å²) in [5.41, 5.74) is 0. The number of amides is 1. The van der Waals surface area contributed by atoms with E-state index in [1.165, 1.54) is 10.9 Å². The fourth-order valence-corrected chi connectivity index (χ4v) is 4.05. The van der Waals surface area contributed by atoms with Crippen LogP contribution in [0.3, 0.4) is 0 Å². The lowest BCUT2D eigenvalue weighted by Crippen LogP contribution is -2.41. The van der Waals surface area contributed by atoms with Crippen LogP contribution in [-0.2, 0) is 21.4 Å². The summed E-state index contributed by atoms with van der Waals surface area (Å²) < 4.78 is 27.2. The summed E-state index contributed by atoms with van der Waals surface area (Å²) in [4.78, 5) is 14.1. The van der Waals surface area contributed by atoms with E-state index in [2.05, 4.69) is 9.82 Å². The van der Waals surface area contributed by atoms with Gasteiger partial charge < -0.3 is 4.90 Å². The number of nitrogens with one attached hydrogen (secondary N) is 1. The van der Waals surface area contributed by atoms with Gasteiger partial charge in [-0.05, 0) is 24.7 Å². The van der Waals surface area contributed by atoms with E-state index in [1.54, 1.807) is 11.1 Å². The van der Waals surface area contributed by atoms with Gasteiger partial charge in [0.05, 0.1) is 17.5 Å².